The minimum Gasteiger partial charge on any atom is -0.508 e. The number of nitrogens with zero attached hydrogens (tertiary/aromatic N) is 4. The highest BCUT2D eigenvalue weighted by molar-refractivity contribution is 6.07. The number of aromatic hydroxyl groups is 2. The summed E-state index contributed by atoms with van der Waals surface area (Å²) in [4.78, 5) is 67.7. The van der Waals surface area contributed by atoms with E-state index >= 15 is 0 Å². The molecule has 5 N–H and O–H groups in total. The molecule has 0 bridgehead atoms. The van der Waals surface area contributed by atoms with Crippen LogP contribution in [0.2, 0.25) is 0 Å². The summed E-state index contributed by atoms with van der Waals surface area (Å²) in [6.07, 6.45) is 2.20. The Morgan fingerprint density at radius 3 is 2.37 bits per heavy atom. The molecule has 0 radical (unpaired) electrons. The van der Waals surface area contributed by atoms with Crippen molar-refractivity contribution >= 4 is 29.3 Å². The Hall–Kier alpha value is -5.76. The number of hydrogen-bond acceptors (Lipinski definition) is 9. The van der Waals surface area contributed by atoms with Gasteiger partial charge in [0.1, 0.15) is 23.7 Å². The second-order valence-corrected chi connectivity index (χ2v) is 14.1. The molecule has 2 fully saturated rings. The highest BCUT2D eigenvalue weighted by Crippen LogP contribution is 2.44. The van der Waals surface area contributed by atoms with E-state index in [0.717, 1.165) is 24.8 Å². The molecule has 4 aromatic rings. The molecular formula is C38H41N7O7. The molecule has 0 saturated carbocycles. The second-order valence-electron chi connectivity index (χ2n) is 14.1. The number of aromatic nitrogens is 3. The number of hydrogen-bond donors (Lipinski definition) is 5. The quantitative estimate of drug-likeness (QED) is 0.169. The van der Waals surface area contributed by atoms with E-state index in [0.29, 0.717) is 52.6 Å². The molecular weight excluding hydrogens is 666 g/mol. The maximum atomic E-state index is 13.9. The van der Waals surface area contributed by atoms with Crippen LogP contribution < -0.4 is 16.3 Å². The molecule has 2 saturated heterocycles. The molecule has 3 aliphatic heterocycles. The highest BCUT2D eigenvalue weighted by Gasteiger charge is 2.48. The molecule has 0 spiro atoms. The highest BCUT2D eigenvalue weighted by atomic mass is 16.3. The third-order valence-corrected chi connectivity index (χ3v) is 10.3. The smallest absolute Gasteiger partial charge is 0.348 e. The first-order chi connectivity index (χ1) is 24.9. The van der Waals surface area contributed by atoms with E-state index in [-0.39, 0.29) is 53.8 Å². The van der Waals surface area contributed by atoms with Gasteiger partial charge in [-0.2, -0.15) is 5.10 Å². The van der Waals surface area contributed by atoms with Crippen molar-refractivity contribution in [3.05, 3.63) is 87.3 Å². The van der Waals surface area contributed by atoms with Gasteiger partial charge < -0.3 is 20.4 Å². The van der Waals surface area contributed by atoms with Crippen LogP contribution in [-0.2, 0) is 20.8 Å². The number of fused-ring (bicyclic) bond motifs is 1. The van der Waals surface area contributed by atoms with Crippen LogP contribution in [-0.4, -0.2) is 77.5 Å². The SMILES string of the molecule is CC(=O)Nc1cccc2c1C(N1CCC(Cc3ccc(-n4c(-c5cc(C(C)C)c(O)cc5O)n[nH]c4=O)cc3)CC1)N(C1CCC(=O)NC1=O)C2=O. The van der Waals surface area contributed by atoms with Crippen LogP contribution in [0.25, 0.3) is 17.1 Å². The van der Waals surface area contributed by atoms with Crippen molar-refractivity contribution in [1.29, 1.82) is 0 Å². The number of amides is 4. The van der Waals surface area contributed by atoms with Crippen LogP contribution in [0.1, 0.15) is 85.6 Å². The van der Waals surface area contributed by atoms with Gasteiger partial charge in [0, 0.05) is 49.3 Å². The minimum atomic E-state index is -0.817. The van der Waals surface area contributed by atoms with Gasteiger partial charge in [0.2, 0.25) is 17.7 Å². The summed E-state index contributed by atoms with van der Waals surface area (Å²) in [5, 5.41) is 32.9. The average Bonchev–Trinajstić information content (AvgIpc) is 3.62. The van der Waals surface area contributed by atoms with Gasteiger partial charge in [-0.25, -0.2) is 14.5 Å². The molecule has 7 rings (SSSR count). The molecule has 3 aromatic carbocycles. The Kier molecular flexibility index (Phi) is 9.17. The molecule has 2 unspecified atom stereocenters. The third-order valence-electron chi connectivity index (χ3n) is 10.3. The number of H-pyrrole nitrogens is 1. The van der Waals surface area contributed by atoms with Crippen molar-refractivity contribution in [1.82, 2.24) is 29.9 Å². The van der Waals surface area contributed by atoms with E-state index in [1.807, 2.05) is 38.1 Å². The fourth-order valence-corrected chi connectivity index (χ4v) is 7.80. The van der Waals surface area contributed by atoms with E-state index in [1.165, 1.54) is 17.6 Å². The van der Waals surface area contributed by atoms with E-state index < -0.39 is 23.8 Å². The number of nitrogens with one attached hydrogen (secondary N) is 3. The molecule has 2 atom stereocenters. The van der Waals surface area contributed by atoms with Crippen LogP contribution in [0.4, 0.5) is 5.69 Å². The maximum Gasteiger partial charge on any atom is 0.348 e. The number of aromatic amines is 1. The van der Waals surface area contributed by atoms with E-state index in [9.17, 15) is 34.2 Å². The number of phenolic OH excluding ortho intramolecular Hbond substituents is 2. The maximum absolute atomic E-state index is 13.9. The zero-order valence-corrected chi connectivity index (χ0v) is 29.2. The predicted molar refractivity (Wildman–Crippen MR) is 191 cm³/mol. The molecule has 270 valence electrons. The first-order valence-electron chi connectivity index (χ1n) is 17.5. The summed E-state index contributed by atoms with van der Waals surface area (Å²) in [5.41, 5.74) is 3.75. The van der Waals surface area contributed by atoms with Crippen LogP contribution in [0.15, 0.2) is 59.4 Å². The Balaban J connectivity index is 1.09. The molecule has 4 heterocycles. The molecule has 52 heavy (non-hydrogen) atoms. The largest absolute Gasteiger partial charge is 0.508 e. The number of imide groups is 1. The summed E-state index contributed by atoms with van der Waals surface area (Å²) in [6.45, 7) is 6.54. The number of anilines is 1. The van der Waals surface area contributed by atoms with Gasteiger partial charge in [-0.15, -0.1) is 0 Å². The van der Waals surface area contributed by atoms with Gasteiger partial charge in [0.25, 0.3) is 5.91 Å². The molecule has 14 nitrogen and oxygen atoms in total. The van der Waals surface area contributed by atoms with Crippen molar-refractivity contribution < 1.29 is 29.4 Å². The summed E-state index contributed by atoms with van der Waals surface area (Å²) in [5.74, 6) is -1.11. The fraction of sp³-hybridized carbons (Fsp3) is 0.368. The van der Waals surface area contributed by atoms with E-state index in [2.05, 4.69) is 25.7 Å². The Morgan fingerprint density at radius 2 is 1.69 bits per heavy atom. The number of benzene rings is 3. The number of rotatable bonds is 8. The number of piperidine rings is 2. The van der Waals surface area contributed by atoms with Crippen molar-refractivity contribution in [3.63, 3.8) is 0 Å². The van der Waals surface area contributed by atoms with Gasteiger partial charge in [0.15, 0.2) is 5.82 Å². The van der Waals surface area contributed by atoms with Gasteiger partial charge in [-0.05, 0) is 79.0 Å². The molecule has 0 aliphatic carbocycles. The number of likely N-dealkylation sites (tertiary alicyclic amines) is 1. The van der Waals surface area contributed by atoms with Gasteiger partial charge >= 0.3 is 5.69 Å². The van der Waals surface area contributed by atoms with Gasteiger partial charge in [-0.3, -0.25) is 29.4 Å². The number of carbonyl (C=O) groups is 4. The molecule has 3 aliphatic rings. The second kappa shape index (κ2) is 13.8. The number of carbonyl (C=O) groups excluding carboxylic acids is 4. The molecule has 4 amide bonds. The van der Waals surface area contributed by atoms with E-state index in [1.54, 1.807) is 29.2 Å². The van der Waals surface area contributed by atoms with Crippen molar-refractivity contribution in [2.45, 2.75) is 71.0 Å². The van der Waals surface area contributed by atoms with Gasteiger partial charge in [0.05, 0.1) is 11.3 Å². The zero-order chi connectivity index (χ0) is 36.8. The first-order valence-corrected chi connectivity index (χ1v) is 17.5. The lowest BCUT2D eigenvalue weighted by Crippen LogP contribution is -2.56. The fourth-order valence-electron chi connectivity index (χ4n) is 7.80. The molecule has 14 heteroatoms. The normalized spacial score (nSPS) is 19.6. The number of phenols is 2. The molecule has 1 aromatic heterocycles. The van der Waals surface area contributed by atoms with Crippen LogP contribution in [0, 0.1) is 5.92 Å². The lowest BCUT2D eigenvalue weighted by atomic mass is 9.89. The van der Waals surface area contributed by atoms with Crippen molar-refractivity contribution in [2.24, 2.45) is 5.92 Å². The Morgan fingerprint density at radius 1 is 0.962 bits per heavy atom. The minimum absolute atomic E-state index is 0.0217. The van der Waals surface area contributed by atoms with Crippen molar-refractivity contribution in [2.75, 3.05) is 18.4 Å². The predicted octanol–water partition coefficient (Wildman–Crippen LogP) is 3.93. The lowest BCUT2D eigenvalue weighted by Gasteiger charge is -2.43. The summed E-state index contributed by atoms with van der Waals surface area (Å²) < 4.78 is 1.39. The van der Waals surface area contributed by atoms with Crippen LogP contribution in [0.5, 0.6) is 11.5 Å². The van der Waals surface area contributed by atoms with Crippen LogP contribution in [0.3, 0.4) is 0 Å². The first kappa shape index (κ1) is 34.7. The summed E-state index contributed by atoms with van der Waals surface area (Å²) >= 11 is 0. The topological polar surface area (TPSA) is 190 Å². The van der Waals surface area contributed by atoms with Crippen molar-refractivity contribution in [3.8, 4) is 28.6 Å². The summed E-state index contributed by atoms with van der Waals surface area (Å²) in [7, 11) is 0. The Bertz CT molecular complexity index is 2130. The summed E-state index contributed by atoms with van der Waals surface area (Å²) in [6, 6.07) is 14.9. The standard InChI is InChI=1S/C38H41N7O7/c1-20(2)26-18-27(31(48)19-30(26)47)34-41-42-38(52)44(34)24-9-7-22(8-10-24)17-23-13-15-43(16-14-23)36-33-25(5-4-6-28(33)39-21(3)46)37(51)45(36)29-11-12-32(49)40-35(29)50/h4-10,18-20,23,29,36,47-48H,11-17H2,1-3H3,(H,39,46)(H,42,52)(H,40,49,50). The van der Waals surface area contributed by atoms with E-state index in [4.69, 9.17) is 0 Å². The zero-order valence-electron chi connectivity index (χ0n) is 29.2. The Labute approximate surface area is 299 Å². The third kappa shape index (κ3) is 6.34. The average molecular weight is 708 g/mol. The van der Waals surface area contributed by atoms with Gasteiger partial charge in [-0.1, -0.05) is 32.0 Å². The monoisotopic (exact) mass is 707 g/mol. The lowest BCUT2D eigenvalue weighted by molar-refractivity contribution is -0.138. The van der Waals surface area contributed by atoms with Crippen LogP contribution >= 0.6 is 0 Å².